The lowest BCUT2D eigenvalue weighted by molar-refractivity contribution is -0.524. The van der Waals surface area contributed by atoms with E-state index in [9.17, 15) is 0 Å². The summed E-state index contributed by atoms with van der Waals surface area (Å²) >= 11 is 0. The number of rotatable bonds is 9. The molecule has 6 aromatic rings. The third-order valence-corrected chi connectivity index (χ3v) is 10.4. The predicted octanol–water partition coefficient (Wildman–Crippen LogP) is 10.5. The predicted molar refractivity (Wildman–Crippen MR) is 213 cm³/mol. The molecule has 0 spiro atoms. The van der Waals surface area contributed by atoms with E-state index in [1.54, 1.807) is 0 Å². The summed E-state index contributed by atoms with van der Waals surface area (Å²) in [6.45, 7) is 18.3. The van der Waals surface area contributed by atoms with Gasteiger partial charge in [0.25, 0.3) is 0 Å². The summed E-state index contributed by atoms with van der Waals surface area (Å²) in [5.41, 5.74) is 12.6. The Labute approximate surface area is 304 Å². The van der Waals surface area contributed by atoms with Gasteiger partial charge in [0.15, 0.2) is 5.69 Å². The average molecular weight is 674 g/mol. The van der Waals surface area contributed by atoms with Crippen LogP contribution in [-0.2, 0) is 0 Å². The monoisotopic (exact) mass is 673 g/mol. The van der Waals surface area contributed by atoms with Crippen LogP contribution in [0.4, 0.5) is 5.69 Å². The summed E-state index contributed by atoms with van der Waals surface area (Å²) in [4.78, 5) is 7.30. The maximum atomic E-state index is 6.65. The highest BCUT2D eigenvalue weighted by Crippen LogP contribution is 2.39. The van der Waals surface area contributed by atoms with E-state index < -0.39 is 0 Å². The van der Waals surface area contributed by atoms with E-state index >= 15 is 0 Å². The van der Waals surface area contributed by atoms with Gasteiger partial charge in [-0.05, 0) is 88.4 Å². The highest BCUT2D eigenvalue weighted by molar-refractivity contribution is 6.70. The number of ether oxygens (including phenoxy) is 1. The van der Waals surface area contributed by atoms with Crippen molar-refractivity contribution >= 4 is 18.1 Å². The quantitative estimate of drug-likeness (QED) is 0.143. The van der Waals surface area contributed by atoms with Gasteiger partial charge in [-0.25, -0.2) is 4.98 Å². The van der Waals surface area contributed by atoms with Gasteiger partial charge < -0.3 is 9.55 Å². The Morgan fingerprint density at radius 3 is 1.90 bits per heavy atom. The minimum Gasteiger partial charge on any atom is -0.457 e. The Morgan fingerprint density at radius 2 is 1.25 bits per heavy atom. The summed E-state index contributed by atoms with van der Waals surface area (Å²) in [5.74, 6) is 4.06. The van der Waals surface area contributed by atoms with Gasteiger partial charge >= 0.3 is 6.98 Å². The van der Waals surface area contributed by atoms with E-state index in [-0.39, 0.29) is 6.98 Å². The Bertz CT molecular complexity index is 2140. The molecule has 4 aromatic carbocycles. The van der Waals surface area contributed by atoms with Crippen molar-refractivity contribution in [1.29, 1.82) is 0 Å². The van der Waals surface area contributed by atoms with Gasteiger partial charge in [-0.1, -0.05) is 104 Å². The number of nitrogens with zero attached hydrogens (tertiary/aromatic N) is 4. The van der Waals surface area contributed by atoms with Crippen LogP contribution < -0.4 is 19.5 Å². The molecular weight excluding hydrogens is 623 g/mol. The molecule has 0 fully saturated rings. The van der Waals surface area contributed by atoms with Crippen LogP contribution in [0, 0.1) is 0 Å². The van der Waals surface area contributed by atoms with E-state index in [1.807, 2.05) is 12.3 Å². The van der Waals surface area contributed by atoms with Crippen molar-refractivity contribution in [3.63, 3.8) is 0 Å². The minimum atomic E-state index is 0.0360. The maximum absolute atomic E-state index is 6.65. The topological polar surface area (TPSA) is 34.2 Å². The van der Waals surface area contributed by atoms with Crippen LogP contribution in [0.15, 0.2) is 116 Å². The SMILES string of the molecule is CC(C)c1cccc(C(C)C)c1B1N(C)c2ccc(Oc3cccc(-c4nccn4-c4c(C(C)C)cccc4C(C)C)c3)cc2-c2cccc[n+]21. The molecule has 0 amide bonds. The van der Waals surface area contributed by atoms with Gasteiger partial charge in [-0.3, -0.25) is 9.05 Å². The van der Waals surface area contributed by atoms with Crippen LogP contribution in [0.2, 0.25) is 0 Å². The second-order valence-corrected chi connectivity index (χ2v) is 15.2. The van der Waals surface area contributed by atoms with Gasteiger partial charge in [0, 0.05) is 42.2 Å². The maximum Gasteiger partial charge on any atom is 0.653 e. The van der Waals surface area contributed by atoms with Crippen LogP contribution in [0.1, 0.15) is 101 Å². The number of anilines is 1. The van der Waals surface area contributed by atoms with Crippen molar-refractivity contribution in [2.75, 3.05) is 11.9 Å². The number of para-hydroxylation sites is 1. The summed E-state index contributed by atoms with van der Waals surface area (Å²) in [5, 5.41) is 0. The third kappa shape index (κ3) is 6.26. The minimum absolute atomic E-state index is 0.0360. The van der Waals surface area contributed by atoms with E-state index in [1.165, 1.54) is 44.8 Å². The molecule has 0 saturated heterocycles. The molecule has 0 aliphatic carbocycles. The largest absolute Gasteiger partial charge is 0.653 e. The first-order chi connectivity index (χ1) is 24.5. The van der Waals surface area contributed by atoms with E-state index in [2.05, 4.69) is 180 Å². The van der Waals surface area contributed by atoms with Gasteiger partial charge in [0.2, 0.25) is 0 Å². The summed E-state index contributed by atoms with van der Waals surface area (Å²) in [6, 6.07) is 34.8. The summed E-state index contributed by atoms with van der Waals surface area (Å²) < 4.78 is 11.3. The molecule has 7 rings (SSSR count). The zero-order valence-electron chi connectivity index (χ0n) is 31.6. The molecule has 0 bridgehead atoms. The van der Waals surface area contributed by atoms with Crippen molar-refractivity contribution in [2.24, 2.45) is 0 Å². The first kappa shape index (κ1) is 34.4. The van der Waals surface area contributed by atoms with Gasteiger partial charge in [-0.2, -0.15) is 0 Å². The highest BCUT2D eigenvalue weighted by Gasteiger charge is 2.47. The van der Waals surface area contributed by atoms with Crippen LogP contribution in [0.5, 0.6) is 11.5 Å². The van der Waals surface area contributed by atoms with E-state index in [0.29, 0.717) is 23.7 Å². The molecule has 5 nitrogen and oxygen atoms in total. The smallest absolute Gasteiger partial charge is 0.457 e. The molecule has 6 heteroatoms. The number of fused-ring (bicyclic) bond motifs is 3. The Hall–Kier alpha value is -5.10. The highest BCUT2D eigenvalue weighted by atomic mass is 16.5. The number of pyridine rings is 1. The summed E-state index contributed by atoms with van der Waals surface area (Å²) in [7, 11) is 2.22. The van der Waals surface area contributed by atoms with Crippen molar-refractivity contribution in [2.45, 2.75) is 79.1 Å². The van der Waals surface area contributed by atoms with Crippen molar-refractivity contribution in [3.8, 4) is 39.8 Å². The fourth-order valence-corrected chi connectivity index (χ4v) is 7.87. The van der Waals surface area contributed by atoms with Crippen molar-refractivity contribution in [3.05, 3.63) is 138 Å². The number of aromatic nitrogens is 3. The lowest BCUT2D eigenvalue weighted by atomic mass is 9.58. The lowest BCUT2D eigenvalue weighted by Gasteiger charge is -2.32. The first-order valence-electron chi connectivity index (χ1n) is 18.5. The number of hydrogen-bond donors (Lipinski definition) is 0. The second kappa shape index (κ2) is 13.9. The molecule has 1 aliphatic heterocycles. The molecule has 0 radical (unpaired) electrons. The Kier molecular flexibility index (Phi) is 9.37. The standard InChI is InChI=1S/C45H50BN4O/c1-29(2)36-17-13-18-37(30(3)4)43(36)46-48(9)41-23-22-35(28-40(41)42-21-10-11-25-50(42)46)51-34-16-12-15-33(27-34)45-47-24-26-49(45)44-38(31(5)6)19-14-20-39(44)32(7)8/h10-32H,1-9H3/q+1. The molecule has 258 valence electrons. The lowest BCUT2D eigenvalue weighted by Crippen LogP contribution is -2.71. The molecular formula is C45H50BN4O+. The third-order valence-electron chi connectivity index (χ3n) is 10.4. The van der Waals surface area contributed by atoms with E-state index in [0.717, 1.165) is 28.5 Å². The second-order valence-electron chi connectivity index (χ2n) is 15.2. The van der Waals surface area contributed by atoms with Crippen LogP contribution in [0.25, 0.3) is 28.3 Å². The molecule has 51 heavy (non-hydrogen) atoms. The number of hydrogen-bond acceptors (Lipinski definition) is 3. The Morgan fingerprint density at radius 1 is 0.647 bits per heavy atom. The first-order valence-corrected chi connectivity index (χ1v) is 18.5. The zero-order chi connectivity index (χ0) is 36.0. The molecule has 0 unspecified atom stereocenters. The van der Waals surface area contributed by atoms with Crippen LogP contribution in [0.3, 0.4) is 0 Å². The summed E-state index contributed by atoms with van der Waals surface area (Å²) in [6.07, 6.45) is 6.21. The zero-order valence-corrected chi connectivity index (χ0v) is 31.6. The van der Waals surface area contributed by atoms with Crippen LogP contribution in [-0.4, -0.2) is 23.6 Å². The average Bonchev–Trinajstić information content (AvgIpc) is 3.61. The van der Waals surface area contributed by atoms with Gasteiger partial charge in [0.1, 0.15) is 23.5 Å². The molecule has 0 atom stereocenters. The van der Waals surface area contributed by atoms with Crippen molar-refractivity contribution in [1.82, 2.24) is 9.55 Å². The van der Waals surface area contributed by atoms with Crippen molar-refractivity contribution < 1.29 is 9.21 Å². The number of benzene rings is 4. The fourth-order valence-electron chi connectivity index (χ4n) is 7.87. The molecule has 2 aromatic heterocycles. The van der Waals surface area contributed by atoms with Gasteiger partial charge in [0.05, 0.1) is 11.3 Å². The fraction of sp³-hybridized carbons (Fsp3) is 0.289. The van der Waals surface area contributed by atoms with E-state index in [4.69, 9.17) is 9.72 Å². The number of imidazole rings is 1. The van der Waals surface area contributed by atoms with Crippen LogP contribution >= 0.6 is 0 Å². The van der Waals surface area contributed by atoms with Gasteiger partial charge in [-0.15, -0.1) is 0 Å². The molecule has 0 saturated carbocycles. The molecule has 3 heterocycles. The molecule has 1 aliphatic rings. The normalized spacial score (nSPS) is 12.6. The molecule has 0 N–H and O–H groups in total. The Balaban J connectivity index is 1.26.